The van der Waals surface area contributed by atoms with Gasteiger partial charge in [0.25, 0.3) is 0 Å². The Morgan fingerprint density at radius 2 is 1.50 bits per heavy atom. The van der Waals surface area contributed by atoms with Crippen molar-refractivity contribution in [3.05, 3.63) is 24.3 Å². The van der Waals surface area contributed by atoms with E-state index in [1.165, 1.54) is 0 Å². The van der Waals surface area contributed by atoms with Crippen molar-refractivity contribution in [3.8, 4) is 11.5 Å². The summed E-state index contributed by atoms with van der Waals surface area (Å²) in [6, 6.07) is 7.70. The van der Waals surface area contributed by atoms with Crippen molar-refractivity contribution in [1.82, 2.24) is 0 Å². The van der Waals surface area contributed by atoms with Gasteiger partial charge in [-0.15, -0.1) is 0 Å². The summed E-state index contributed by atoms with van der Waals surface area (Å²) in [5, 5.41) is 0. The molecule has 0 bridgehead atoms. The molecule has 0 amide bonds. The third-order valence-corrected chi connectivity index (χ3v) is 1.56. The molecule has 2 heteroatoms. The molecule has 0 fully saturated rings. The van der Waals surface area contributed by atoms with Gasteiger partial charge in [0, 0.05) is 0 Å². The lowest BCUT2D eigenvalue weighted by Crippen LogP contribution is -2.22. The summed E-state index contributed by atoms with van der Waals surface area (Å²) in [7, 11) is 0. The van der Waals surface area contributed by atoms with E-state index in [0.717, 1.165) is 11.5 Å². The van der Waals surface area contributed by atoms with E-state index in [2.05, 4.69) is 0 Å². The van der Waals surface area contributed by atoms with Crippen LogP contribution in [0.25, 0.3) is 0 Å². The summed E-state index contributed by atoms with van der Waals surface area (Å²) in [6.07, 6.45) is 0. The first-order valence-electron chi connectivity index (χ1n) is 4.93. The van der Waals surface area contributed by atoms with E-state index < -0.39 is 0 Å². The largest absolute Gasteiger partial charge is 0.494 e. The lowest BCUT2D eigenvalue weighted by molar-refractivity contribution is 0.131. The van der Waals surface area contributed by atoms with Gasteiger partial charge < -0.3 is 9.47 Å². The molecule has 0 atom stereocenters. The van der Waals surface area contributed by atoms with E-state index >= 15 is 0 Å². The second-order valence-corrected chi connectivity index (χ2v) is 4.12. The summed E-state index contributed by atoms with van der Waals surface area (Å²) >= 11 is 0. The molecule has 0 aromatic heterocycles. The highest BCUT2D eigenvalue weighted by molar-refractivity contribution is 5.31. The van der Waals surface area contributed by atoms with Crippen LogP contribution in [0, 0.1) is 0 Å². The maximum Gasteiger partial charge on any atom is 0.120 e. The number of hydrogen-bond acceptors (Lipinski definition) is 2. The normalized spacial score (nSPS) is 11.1. The molecule has 0 aliphatic rings. The first-order chi connectivity index (χ1) is 6.51. The van der Waals surface area contributed by atoms with Crippen molar-refractivity contribution in [1.29, 1.82) is 0 Å². The molecular weight excluding hydrogens is 176 g/mol. The van der Waals surface area contributed by atoms with Crippen molar-refractivity contribution in [2.24, 2.45) is 0 Å². The van der Waals surface area contributed by atoms with Gasteiger partial charge in [0.1, 0.15) is 17.1 Å². The predicted octanol–water partition coefficient (Wildman–Crippen LogP) is 3.26. The number of hydrogen-bond donors (Lipinski definition) is 0. The third kappa shape index (κ3) is 3.69. The highest BCUT2D eigenvalue weighted by Crippen LogP contribution is 2.21. The van der Waals surface area contributed by atoms with Gasteiger partial charge in [-0.05, 0) is 52.0 Å². The molecular formula is C12H18O2. The molecule has 0 saturated heterocycles. The topological polar surface area (TPSA) is 18.5 Å². The average Bonchev–Trinajstić information content (AvgIpc) is 2.06. The maximum absolute atomic E-state index is 5.68. The molecule has 0 heterocycles. The molecule has 0 N–H and O–H groups in total. The Balaban J connectivity index is 2.64. The van der Waals surface area contributed by atoms with Gasteiger partial charge >= 0.3 is 0 Å². The van der Waals surface area contributed by atoms with Gasteiger partial charge in [0.15, 0.2) is 0 Å². The second-order valence-electron chi connectivity index (χ2n) is 4.12. The summed E-state index contributed by atoms with van der Waals surface area (Å²) in [6.45, 7) is 8.76. The Morgan fingerprint density at radius 3 is 1.93 bits per heavy atom. The van der Waals surface area contributed by atoms with Crippen LogP contribution in [0.2, 0.25) is 0 Å². The van der Waals surface area contributed by atoms with Gasteiger partial charge in [-0.2, -0.15) is 0 Å². The van der Waals surface area contributed by atoms with E-state index in [-0.39, 0.29) is 5.60 Å². The van der Waals surface area contributed by atoms with Crippen LogP contribution in [-0.4, -0.2) is 12.2 Å². The van der Waals surface area contributed by atoms with Crippen molar-refractivity contribution >= 4 is 0 Å². The Hall–Kier alpha value is -1.18. The van der Waals surface area contributed by atoms with E-state index in [1.54, 1.807) is 0 Å². The summed E-state index contributed by atoms with van der Waals surface area (Å²) in [5.74, 6) is 1.76. The van der Waals surface area contributed by atoms with Crippen LogP contribution in [0.5, 0.6) is 11.5 Å². The minimum absolute atomic E-state index is 0.146. The lowest BCUT2D eigenvalue weighted by atomic mass is 10.2. The third-order valence-electron chi connectivity index (χ3n) is 1.56. The van der Waals surface area contributed by atoms with Crippen LogP contribution in [0.1, 0.15) is 27.7 Å². The molecule has 78 valence electrons. The molecule has 0 aliphatic carbocycles. The van der Waals surface area contributed by atoms with Crippen molar-refractivity contribution in [2.45, 2.75) is 33.3 Å². The van der Waals surface area contributed by atoms with Crippen LogP contribution >= 0.6 is 0 Å². The Morgan fingerprint density at radius 1 is 1.00 bits per heavy atom. The summed E-state index contributed by atoms with van der Waals surface area (Å²) in [5.41, 5.74) is -0.146. The van der Waals surface area contributed by atoms with E-state index in [1.807, 2.05) is 52.0 Å². The van der Waals surface area contributed by atoms with Gasteiger partial charge in [0.2, 0.25) is 0 Å². The van der Waals surface area contributed by atoms with Crippen LogP contribution in [0.3, 0.4) is 0 Å². The highest BCUT2D eigenvalue weighted by atomic mass is 16.5. The van der Waals surface area contributed by atoms with E-state index in [0.29, 0.717) is 6.61 Å². The standard InChI is InChI=1S/C12H18O2/c1-5-13-10-6-8-11(9-7-10)14-12(2,3)4/h6-9H,5H2,1-4H3. The number of benzene rings is 1. The fourth-order valence-corrected chi connectivity index (χ4v) is 1.12. The zero-order chi connectivity index (χ0) is 10.6. The fraction of sp³-hybridized carbons (Fsp3) is 0.500. The quantitative estimate of drug-likeness (QED) is 0.735. The molecule has 1 aromatic carbocycles. The van der Waals surface area contributed by atoms with Gasteiger partial charge in [0.05, 0.1) is 6.61 Å². The van der Waals surface area contributed by atoms with Crippen molar-refractivity contribution in [3.63, 3.8) is 0 Å². The van der Waals surface area contributed by atoms with Crippen LogP contribution < -0.4 is 9.47 Å². The molecule has 0 radical (unpaired) electrons. The molecule has 0 aliphatic heterocycles. The van der Waals surface area contributed by atoms with Crippen LogP contribution in [0.4, 0.5) is 0 Å². The van der Waals surface area contributed by atoms with E-state index in [9.17, 15) is 0 Å². The minimum Gasteiger partial charge on any atom is -0.494 e. The highest BCUT2D eigenvalue weighted by Gasteiger charge is 2.11. The first-order valence-corrected chi connectivity index (χ1v) is 4.93. The Kier molecular flexibility index (Phi) is 3.39. The number of rotatable bonds is 3. The minimum atomic E-state index is -0.146. The Labute approximate surface area is 85.8 Å². The lowest BCUT2D eigenvalue weighted by Gasteiger charge is -2.21. The van der Waals surface area contributed by atoms with Gasteiger partial charge in [-0.3, -0.25) is 0 Å². The average molecular weight is 194 g/mol. The zero-order valence-corrected chi connectivity index (χ0v) is 9.33. The number of ether oxygens (including phenoxy) is 2. The Bertz CT molecular complexity index is 269. The summed E-state index contributed by atoms with van der Waals surface area (Å²) in [4.78, 5) is 0. The van der Waals surface area contributed by atoms with Crippen LogP contribution in [-0.2, 0) is 0 Å². The van der Waals surface area contributed by atoms with Crippen LogP contribution in [0.15, 0.2) is 24.3 Å². The smallest absolute Gasteiger partial charge is 0.120 e. The van der Waals surface area contributed by atoms with Gasteiger partial charge in [-0.1, -0.05) is 0 Å². The molecule has 0 spiro atoms. The first kappa shape index (κ1) is 10.9. The fourth-order valence-electron chi connectivity index (χ4n) is 1.12. The second kappa shape index (κ2) is 4.36. The molecule has 1 aromatic rings. The molecule has 0 saturated carbocycles. The molecule has 2 nitrogen and oxygen atoms in total. The van der Waals surface area contributed by atoms with Crippen molar-refractivity contribution < 1.29 is 9.47 Å². The maximum atomic E-state index is 5.68. The predicted molar refractivity (Wildman–Crippen MR) is 58.0 cm³/mol. The molecule has 1 rings (SSSR count). The van der Waals surface area contributed by atoms with Gasteiger partial charge in [-0.25, -0.2) is 0 Å². The monoisotopic (exact) mass is 194 g/mol. The molecule has 14 heavy (non-hydrogen) atoms. The SMILES string of the molecule is CCOc1ccc(OC(C)(C)C)cc1. The van der Waals surface area contributed by atoms with E-state index in [4.69, 9.17) is 9.47 Å². The summed E-state index contributed by atoms with van der Waals surface area (Å²) < 4.78 is 11.0. The zero-order valence-electron chi connectivity index (χ0n) is 9.33. The molecule has 0 unspecified atom stereocenters. The van der Waals surface area contributed by atoms with Crippen molar-refractivity contribution in [2.75, 3.05) is 6.61 Å².